The number of hydrogen-bond donors (Lipinski definition) is 0. The Labute approximate surface area is 143 Å². The number of benzene rings is 2. The second-order valence-corrected chi connectivity index (χ2v) is 8.70. The average molecular weight is 362 g/mol. The molecule has 2 aromatic carbocycles. The first-order chi connectivity index (χ1) is 11.6. The molecule has 0 unspecified atom stereocenters. The van der Waals surface area contributed by atoms with Crippen molar-refractivity contribution >= 4 is 31.6 Å². The predicted molar refractivity (Wildman–Crippen MR) is 91.9 cm³/mol. The molecule has 1 fully saturated rings. The van der Waals surface area contributed by atoms with Crippen LogP contribution < -0.4 is 0 Å². The molecule has 0 spiro atoms. The molecule has 3 aromatic rings. The third-order valence-corrected chi connectivity index (χ3v) is 7.24. The smallest absolute Gasteiger partial charge is 0.239 e. The molecule has 24 heavy (non-hydrogen) atoms. The van der Waals surface area contributed by atoms with Crippen molar-refractivity contribution in [1.29, 1.82) is 0 Å². The molecule has 1 aliphatic rings. The number of fused-ring (bicyclic) bond motifs is 1. The van der Waals surface area contributed by atoms with Crippen LogP contribution in [0.3, 0.4) is 0 Å². The van der Waals surface area contributed by atoms with E-state index < -0.39 is 15.8 Å². The number of aromatic nitrogens is 1. The summed E-state index contributed by atoms with van der Waals surface area (Å²) in [5.74, 6) is -0.549. The Morgan fingerprint density at radius 3 is 2.79 bits per heavy atom. The summed E-state index contributed by atoms with van der Waals surface area (Å²) in [7, 11) is -3.74. The van der Waals surface area contributed by atoms with E-state index in [0.29, 0.717) is 6.54 Å². The number of rotatable bonds is 3. The second kappa shape index (κ2) is 5.91. The van der Waals surface area contributed by atoms with Gasteiger partial charge in [-0.2, -0.15) is 4.31 Å². The molecule has 0 radical (unpaired) electrons. The highest BCUT2D eigenvalue weighted by Crippen LogP contribution is 2.39. The summed E-state index contributed by atoms with van der Waals surface area (Å²) in [5, 5.41) is 0.800. The first kappa shape index (κ1) is 15.7. The van der Waals surface area contributed by atoms with E-state index in [1.807, 2.05) is 24.3 Å². The van der Waals surface area contributed by atoms with Crippen LogP contribution in [0.15, 0.2) is 53.4 Å². The van der Waals surface area contributed by atoms with Crippen LogP contribution in [-0.4, -0.2) is 24.3 Å². The van der Waals surface area contributed by atoms with Crippen molar-refractivity contribution in [3.63, 3.8) is 0 Å². The van der Waals surface area contributed by atoms with Crippen LogP contribution in [0.2, 0.25) is 0 Å². The van der Waals surface area contributed by atoms with Crippen molar-refractivity contribution in [3.8, 4) is 0 Å². The van der Waals surface area contributed by atoms with Crippen LogP contribution in [0, 0.1) is 5.82 Å². The summed E-state index contributed by atoms with van der Waals surface area (Å²) in [5.41, 5.74) is 0.882. The molecular formula is C17H15FN2O2S2. The monoisotopic (exact) mass is 362 g/mol. The lowest BCUT2D eigenvalue weighted by molar-refractivity contribution is 0.395. The van der Waals surface area contributed by atoms with Crippen LogP contribution in [0.25, 0.3) is 10.2 Å². The fraction of sp³-hybridized carbons (Fsp3) is 0.235. The maximum Gasteiger partial charge on any atom is 0.243 e. The van der Waals surface area contributed by atoms with Gasteiger partial charge in [0, 0.05) is 6.54 Å². The van der Waals surface area contributed by atoms with Gasteiger partial charge >= 0.3 is 0 Å². The normalized spacial score (nSPS) is 19.1. The van der Waals surface area contributed by atoms with E-state index in [4.69, 9.17) is 0 Å². The quantitative estimate of drug-likeness (QED) is 0.709. The van der Waals surface area contributed by atoms with Crippen LogP contribution >= 0.6 is 11.3 Å². The molecule has 0 saturated carbocycles. The number of para-hydroxylation sites is 1. The Morgan fingerprint density at radius 1 is 1.17 bits per heavy atom. The second-order valence-electron chi connectivity index (χ2n) is 5.75. The van der Waals surface area contributed by atoms with E-state index in [1.54, 1.807) is 0 Å². The van der Waals surface area contributed by atoms with Crippen LogP contribution in [0.5, 0.6) is 0 Å². The molecule has 4 nitrogen and oxygen atoms in total. The van der Waals surface area contributed by atoms with Crippen LogP contribution in [-0.2, 0) is 10.0 Å². The zero-order chi connectivity index (χ0) is 16.7. The third-order valence-electron chi connectivity index (χ3n) is 4.20. The Hall–Kier alpha value is -1.83. The van der Waals surface area contributed by atoms with Gasteiger partial charge in [0.2, 0.25) is 10.0 Å². The number of sulfonamides is 1. The topological polar surface area (TPSA) is 50.3 Å². The summed E-state index contributed by atoms with van der Waals surface area (Å²) in [4.78, 5) is 4.60. The van der Waals surface area contributed by atoms with Gasteiger partial charge in [-0.1, -0.05) is 18.2 Å². The highest BCUT2D eigenvalue weighted by atomic mass is 32.2. The Bertz CT molecular complexity index is 968. The van der Waals surface area contributed by atoms with Gasteiger partial charge in [-0.15, -0.1) is 11.3 Å². The molecule has 0 bridgehead atoms. The zero-order valence-electron chi connectivity index (χ0n) is 12.7. The van der Waals surface area contributed by atoms with Gasteiger partial charge in [0.15, 0.2) is 0 Å². The summed E-state index contributed by atoms with van der Waals surface area (Å²) in [6.45, 7) is 0.430. The van der Waals surface area contributed by atoms with E-state index in [1.165, 1.54) is 33.8 Å². The first-order valence-electron chi connectivity index (χ1n) is 7.68. The van der Waals surface area contributed by atoms with E-state index in [0.717, 1.165) is 34.1 Å². The van der Waals surface area contributed by atoms with Gasteiger partial charge < -0.3 is 0 Å². The van der Waals surface area contributed by atoms with E-state index >= 15 is 0 Å². The number of halogens is 1. The lowest BCUT2D eigenvalue weighted by atomic mass is 10.2. The molecule has 2 heterocycles. The zero-order valence-corrected chi connectivity index (χ0v) is 14.4. The summed E-state index contributed by atoms with van der Waals surface area (Å²) in [6.07, 6.45) is 1.50. The maximum atomic E-state index is 13.5. The van der Waals surface area contributed by atoms with Gasteiger partial charge in [-0.05, 0) is 43.2 Å². The van der Waals surface area contributed by atoms with Crippen LogP contribution in [0.4, 0.5) is 4.39 Å². The molecule has 1 aromatic heterocycles. The van der Waals surface area contributed by atoms with Gasteiger partial charge in [-0.25, -0.2) is 17.8 Å². The molecule has 4 rings (SSSR count). The van der Waals surface area contributed by atoms with Crippen molar-refractivity contribution in [1.82, 2.24) is 9.29 Å². The van der Waals surface area contributed by atoms with Gasteiger partial charge in [0.05, 0.1) is 21.2 Å². The van der Waals surface area contributed by atoms with E-state index in [9.17, 15) is 12.8 Å². The fourth-order valence-electron chi connectivity index (χ4n) is 3.07. The average Bonchev–Trinajstić information content (AvgIpc) is 3.21. The van der Waals surface area contributed by atoms with Crippen molar-refractivity contribution in [2.45, 2.75) is 23.8 Å². The first-order valence-corrected chi connectivity index (χ1v) is 9.94. The maximum absolute atomic E-state index is 13.5. The molecule has 0 aliphatic carbocycles. The number of hydrogen-bond acceptors (Lipinski definition) is 4. The van der Waals surface area contributed by atoms with E-state index in [-0.39, 0.29) is 10.9 Å². The Morgan fingerprint density at radius 2 is 2.00 bits per heavy atom. The SMILES string of the molecule is O=S(=O)(c1cccc(F)c1)N1CCC[C@@H]1c1nc2ccccc2s1. The Kier molecular flexibility index (Phi) is 3.86. The molecule has 0 amide bonds. The van der Waals surface area contributed by atoms with Crippen molar-refractivity contribution in [3.05, 3.63) is 59.4 Å². The standard InChI is InChI=1S/C17H15FN2O2S2/c18-12-5-3-6-13(11-12)24(21,22)20-10-4-8-15(20)17-19-14-7-1-2-9-16(14)23-17/h1-3,5-7,9,11,15H,4,8,10H2/t15-/m1/s1. The lowest BCUT2D eigenvalue weighted by Crippen LogP contribution is -2.30. The van der Waals surface area contributed by atoms with Gasteiger partial charge in [0.1, 0.15) is 10.8 Å². The molecule has 1 saturated heterocycles. The van der Waals surface area contributed by atoms with Gasteiger partial charge in [-0.3, -0.25) is 0 Å². The lowest BCUT2D eigenvalue weighted by Gasteiger charge is -2.22. The molecular weight excluding hydrogens is 347 g/mol. The minimum atomic E-state index is -3.74. The number of nitrogens with zero attached hydrogens (tertiary/aromatic N) is 2. The fourth-order valence-corrected chi connectivity index (χ4v) is 5.94. The van der Waals surface area contributed by atoms with Crippen molar-refractivity contribution in [2.75, 3.05) is 6.54 Å². The van der Waals surface area contributed by atoms with Crippen LogP contribution in [0.1, 0.15) is 23.9 Å². The summed E-state index contributed by atoms with van der Waals surface area (Å²) in [6, 6.07) is 12.7. The molecule has 124 valence electrons. The minimum Gasteiger partial charge on any atom is -0.239 e. The van der Waals surface area contributed by atoms with Gasteiger partial charge in [0.25, 0.3) is 0 Å². The molecule has 0 N–H and O–H groups in total. The molecule has 7 heteroatoms. The highest BCUT2D eigenvalue weighted by molar-refractivity contribution is 7.89. The van der Waals surface area contributed by atoms with E-state index in [2.05, 4.69) is 4.98 Å². The van der Waals surface area contributed by atoms with Crippen molar-refractivity contribution in [2.24, 2.45) is 0 Å². The molecule has 1 aliphatic heterocycles. The third kappa shape index (κ3) is 2.62. The minimum absolute atomic E-state index is 0.00416. The summed E-state index contributed by atoms with van der Waals surface area (Å²) >= 11 is 1.52. The summed E-state index contributed by atoms with van der Waals surface area (Å²) < 4.78 is 41.8. The highest BCUT2D eigenvalue weighted by Gasteiger charge is 2.38. The largest absolute Gasteiger partial charge is 0.243 e. The molecule has 1 atom stereocenters. The Balaban J connectivity index is 1.74. The number of thiazole rings is 1. The predicted octanol–water partition coefficient (Wildman–Crippen LogP) is 3.96. The van der Waals surface area contributed by atoms with Crippen molar-refractivity contribution < 1.29 is 12.8 Å².